The highest BCUT2D eigenvalue weighted by atomic mass is 32.1. The molecule has 270 valence electrons. The Hall–Kier alpha value is -7.20. The van der Waals surface area contributed by atoms with Crippen molar-refractivity contribution in [3.63, 3.8) is 0 Å². The van der Waals surface area contributed by atoms with E-state index in [1.54, 1.807) is 0 Å². The van der Waals surface area contributed by atoms with Crippen LogP contribution in [0.3, 0.4) is 0 Å². The van der Waals surface area contributed by atoms with Crippen molar-refractivity contribution in [3.8, 4) is 77.7 Å². The molecule has 0 saturated carbocycles. The normalized spacial score (nSPS) is 13.0. The van der Waals surface area contributed by atoms with Gasteiger partial charge in [-0.05, 0) is 84.8 Å². The zero-order valence-corrected chi connectivity index (χ0v) is 32.2. The molecule has 0 amide bonds. The average Bonchev–Trinajstić information content (AvgIpc) is 3.93. The number of hydrogen-bond donors (Lipinski definition) is 0. The van der Waals surface area contributed by atoms with Gasteiger partial charge in [0.15, 0.2) is 5.82 Å². The van der Waals surface area contributed by atoms with E-state index >= 15 is 0 Å². The van der Waals surface area contributed by atoms with Gasteiger partial charge in [0.2, 0.25) is 0 Å². The topological polar surface area (TPSA) is 25.8 Å². The summed E-state index contributed by atoms with van der Waals surface area (Å²) < 4.78 is 1.33. The Morgan fingerprint density at radius 3 is 1.48 bits per heavy atom. The fraction of sp³-hybridized carbons (Fsp3) is 0.0182. The van der Waals surface area contributed by atoms with Gasteiger partial charge in [-0.2, -0.15) is 0 Å². The Morgan fingerprint density at radius 1 is 0.345 bits per heavy atom. The number of nitrogens with zero attached hydrogens (tertiary/aromatic N) is 2. The maximum absolute atomic E-state index is 5.17. The highest BCUT2D eigenvalue weighted by molar-refractivity contribution is 7.22. The zero-order chi connectivity index (χ0) is 38.2. The number of rotatable bonds is 5. The minimum Gasteiger partial charge on any atom is -0.228 e. The Balaban J connectivity index is 0.963. The Bertz CT molecular complexity index is 3150. The molecule has 8 aromatic carbocycles. The fourth-order valence-electron chi connectivity index (χ4n) is 9.53. The molecule has 0 N–H and O–H groups in total. The smallest absolute Gasteiger partial charge is 0.160 e. The Labute approximate surface area is 341 Å². The van der Waals surface area contributed by atoms with E-state index in [1.807, 2.05) is 23.5 Å². The molecule has 2 aliphatic rings. The van der Waals surface area contributed by atoms with Crippen molar-refractivity contribution in [2.24, 2.45) is 0 Å². The lowest BCUT2D eigenvalue weighted by atomic mass is 9.70. The summed E-state index contributed by atoms with van der Waals surface area (Å²) in [6.45, 7) is 0. The molecule has 2 aliphatic carbocycles. The SMILES string of the molecule is c1ccc(-c2ccc(-c3cc(-c4ccccc4)nc(-c4ccc(-c5ccc6c(c5)-c5sc7ccccc7c5C65c6ccccc6-c6ccccc65)cc4)n3)cc2)cc1. The summed E-state index contributed by atoms with van der Waals surface area (Å²) >= 11 is 1.92. The number of aromatic nitrogens is 2. The maximum atomic E-state index is 5.17. The van der Waals surface area contributed by atoms with E-state index in [0.29, 0.717) is 5.82 Å². The van der Waals surface area contributed by atoms with Crippen molar-refractivity contribution < 1.29 is 0 Å². The van der Waals surface area contributed by atoms with Crippen molar-refractivity contribution in [3.05, 3.63) is 229 Å². The molecule has 2 nitrogen and oxygen atoms in total. The maximum Gasteiger partial charge on any atom is 0.160 e. The highest BCUT2D eigenvalue weighted by Crippen LogP contribution is 2.66. The molecule has 2 aromatic heterocycles. The third kappa shape index (κ3) is 4.90. The van der Waals surface area contributed by atoms with E-state index in [-0.39, 0.29) is 5.41 Å². The van der Waals surface area contributed by atoms with Crippen LogP contribution in [0.4, 0.5) is 0 Å². The molecule has 58 heavy (non-hydrogen) atoms. The van der Waals surface area contributed by atoms with Gasteiger partial charge in [-0.1, -0.05) is 188 Å². The van der Waals surface area contributed by atoms with Gasteiger partial charge < -0.3 is 0 Å². The second-order valence-electron chi connectivity index (χ2n) is 15.3. The molecule has 3 heteroatoms. The van der Waals surface area contributed by atoms with Crippen molar-refractivity contribution in [1.82, 2.24) is 9.97 Å². The van der Waals surface area contributed by atoms with Gasteiger partial charge in [-0.25, -0.2) is 9.97 Å². The van der Waals surface area contributed by atoms with Crippen LogP contribution in [-0.2, 0) is 5.41 Å². The van der Waals surface area contributed by atoms with Gasteiger partial charge in [0, 0.05) is 26.3 Å². The van der Waals surface area contributed by atoms with Crippen LogP contribution in [0.2, 0.25) is 0 Å². The molecule has 0 bridgehead atoms. The van der Waals surface area contributed by atoms with Crippen LogP contribution in [-0.4, -0.2) is 9.97 Å². The monoisotopic (exact) mass is 754 g/mol. The van der Waals surface area contributed by atoms with Crippen molar-refractivity contribution >= 4 is 21.4 Å². The van der Waals surface area contributed by atoms with Gasteiger partial charge in [0.05, 0.1) is 16.8 Å². The molecular weight excluding hydrogens is 721 g/mol. The Kier molecular flexibility index (Phi) is 7.35. The third-order valence-electron chi connectivity index (χ3n) is 12.2. The molecule has 0 fully saturated rings. The van der Waals surface area contributed by atoms with Gasteiger partial charge in [-0.3, -0.25) is 0 Å². The van der Waals surface area contributed by atoms with Gasteiger partial charge in [0.25, 0.3) is 0 Å². The first-order valence-corrected chi connectivity index (χ1v) is 20.6. The minimum atomic E-state index is -0.361. The largest absolute Gasteiger partial charge is 0.228 e. The van der Waals surface area contributed by atoms with Crippen LogP contribution in [0, 0.1) is 0 Å². The lowest BCUT2D eigenvalue weighted by Gasteiger charge is -2.30. The van der Waals surface area contributed by atoms with E-state index < -0.39 is 0 Å². The third-order valence-corrected chi connectivity index (χ3v) is 13.4. The molecule has 0 aliphatic heterocycles. The number of fused-ring (bicyclic) bond motifs is 12. The first kappa shape index (κ1) is 33.0. The summed E-state index contributed by atoms with van der Waals surface area (Å²) in [4.78, 5) is 11.7. The molecule has 0 radical (unpaired) electrons. The summed E-state index contributed by atoms with van der Waals surface area (Å²) in [5.74, 6) is 0.708. The van der Waals surface area contributed by atoms with E-state index in [1.165, 1.54) is 76.2 Å². The molecule has 2 heterocycles. The summed E-state index contributed by atoms with van der Waals surface area (Å²) in [7, 11) is 0. The lowest BCUT2D eigenvalue weighted by molar-refractivity contribution is 0.803. The molecular formula is C55H34N2S. The average molecular weight is 755 g/mol. The van der Waals surface area contributed by atoms with Crippen molar-refractivity contribution in [1.29, 1.82) is 0 Å². The van der Waals surface area contributed by atoms with Crippen LogP contribution in [0.25, 0.3) is 87.8 Å². The van der Waals surface area contributed by atoms with Gasteiger partial charge in [-0.15, -0.1) is 11.3 Å². The minimum absolute atomic E-state index is 0.361. The van der Waals surface area contributed by atoms with Crippen LogP contribution in [0.15, 0.2) is 206 Å². The zero-order valence-electron chi connectivity index (χ0n) is 31.4. The van der Waals surface area contributed by atoms with E-state index in [2.05, 4.69) is 194 Å². The Morgan fingerprint density at radius 2 is 0.810 bits per heavy atom. The van der Waals surface area contributed by atoms with Crippen molar-refractivity contribution in [2.75, 3.05) is 0 Å². The van der Waals surface area contributed by atoms with E-state index in [9.17, 15) is 0 Å². The highest BCUT2D eigenvalue weighted by Gasteiger charge is 2.53. The van der Waals surface area contributed by atoms with Gasteiger partial charge >= 0.3 is 0 Å². The first-order valence-electron chi connectivity index (χ1n) is 19.8. The predicted octanol–water partition coefficient (Wildman–Crippen LogP) is 14.4. The molecule has 0 saturated heterocycles. The summed E-state index contributed by atoms with van der Waals surface area (Å²) in [6.07, 6.45) is 0. The summed E-state index contributed by atoms with van der Waals surface area (Å²) in [5, 5.41) is 1.35. The quantitative estimate of drug-likeness (QED) is 0.175. The molecule has 10 aromatic rings. The van der Waals surface area contributed by atoms with Crippen LogP contribution < -0.4 is 0 Å². The predicted molar refractivity (Wildman–Crippen MR) is 241 cm³/mol. The standard InChI is InChI=1S/C55H34N2S/c1-3-13-35(14-4-1)36-23-27-39(28-24-36)50-34-49(38-15-5-2-6-16-38)56-54(57-50)40-29-25-37(26-30-40)41-31-32-48-45(33-41)53-52(44-19-9-12-22-51(44)58-53)55(48)46-20-10-7-17-42(46)43-18-8-11-21-47(43)55/h1-34H. The number of benzene rings is 8. The number of thiophene rings is 1. The van der Waals surface area contributed by atoms with Crippen LogP contribution in [0.5, 0.6) is 0 Å². The first-order chi connectivity index (χ1) is 28.7. The molecule has 0 atom stereocenters. The molecule has 1 spiro atoms. The fourth-order valence-corrected chi connectivity index (χ4v) is 10.8. The van der Waals surface area contributed by atoms with Crippen LogP contribution in [0.1, 0.15) is 22.3 Å². The molecule has 0 unspecified atom stereocenters. The second kappa shape index (κ2) is 12.9. The van der Waals surface area contributed by atoms with E-state index in [0.717, 1.165) is 28.1 Å². The number of hydrogen-bond acceptors (Lipinski definition) is 3. The van der Waals surface area contributed by atoms with Gasteiger partial charge in [0.1, 0.15) is 0 Å². The van der Waals surface area contributed by atoms with Crippen LogP contribution >= 0.6 is 11.3 Å². The van der Waals surface area contributed by atoms with E-state index in [4.69, 9.17) is 9.97 Å². The summed E-state index contributed by atoms with van der Waals surface area (Å²) in [6, 6.07) is 74.6. The lowest BCUT2D eigenvalue weighted by Crippen LogP contribution is -2.25. The molecule has 12 rings (SSSR count). The van der Waals surface area contributed by atoms with Crippen molar-refractivity contribution in [2.45, 2.75) is 5.41 Å². The second-order valence-corrected chi connectivity index (χ2v) is 16.3. The summed E-state index contributed by atoms with van der Waals surface area (Å²) in [5.41, 5.74) is 18.8.